The molecule has 2 saturated carbocycles. The lowest BCUT2D eigenvalue weighted by molar-refractivity contribution is 0.0178. The van der Waals surface area contributed by atoms with Gasteiger partial charge in [-0.25, -0.2) is 0 Å². The SMILES string of the molecule is CCC1CCCCC1C(C)(C)C1CCC(C)CC1Br. The molecule has 0 N–H and O–H groups in total. The van der Waals surface area contributed by atoms with Gasteiger partial charge in [0.25, 0.3) is 0 Å². The van der Waals surface area contributed by atoms with Crippen LogP contribution in [-0.4, -0.2) is 4.83 Å². The van der Waals surface area contributed by atoms with E-state index in [-0.39, 0.29) is 0 Å². The van der Waals surface area contributed by atoms with Crippen molar-refractivity contribution in [3.63, 3.8) is 0 Å². The van der Waals surface area contributed by atoms with Crippen molar-refractivity contribution in [2.24, 2.45) is 29.1 Å². The van der Waals surface area contributed by atoms with Crippen LogP contribution in [0.5, 0.6) is 0 Å². The molecule has 0 aliphatic heterocycles. The van der Waals surface area contributed by atoms with E-state index < -0.39 is 0 Å². The Hall–Kier alpha value is 0.480. The third kappa shape index (κ3) is 3.39. The fourth-order valence-electron chi connectivity index (χ4n) is 5.10. The predicted octanol–water partition coefficient (Wildman–Crippen LogP) is 6.43. The molecular weight excluding hydrogens is 296 g/mol. The zero-order valence-electron chi connectivity index (χ0n) is 13.4. The Balaban J connectivity index is 2.11. The third-order valence-electron chi connectivity index (χ3n) is 6.38. The standard InChI is InChI=1S/C18H33Br/c1-5-14-8-6-7-9-15(14)18(3,4)16-11-10-13(2)12-17(16)19/h13-17H,5-12H2,1-4H3. The summed E-state index contributed by atoms with van der Waals surface area (Å²) in [6.45, 7) is 10.0. The minimum atomic E-state index is 0.523. The average molecular weight is 329 g/mol. The summed E-state index contributed by atoms with van der Waals surface area (Å²) in [5.74, 6) is 3.76. The molecule has 5 unspecified atom stereocenters. The van der Waals surface area contributed by atoms with Gasteiger partial charge in [-0.05, 0) is 48.3 Å². The van der Waals surface area contributed by atoms with E-state index in [2.05, 4.69) is 43.6 Å². The van der Waals surface area contributed by atoms with Gasteiger partial charge in [0.2, 0.25) is 0 Å². The van der Waals surface area contributed by atoms with Crippen molar-refractivity contribution >= 4 is 15.9 Å². The second-order valence-electron chi connectivity index (χ2n) is 7.92. The zero-order chi connectivity index (χ0) is 14.0. The van der Waals surface area contributed by atoms with Gasteiger partial charge in [-0.15, -0.1) is 0 Å². The number of rotatable bonds is 3. The quantitative estimate of drug-likeness (QED) is 0.523. The minimum absolute atomic E-state index is 0.523. The highest BCUT2D eigenvalue weighted by Gasteiger charge is 2.45. The van der Waals surface area contributed by atoms with E-state index in [1.54, 1.807) is 0 Å². The molecule has 0 nitrogen and oxygen atoms in total. The Labute approximate surface area is 129 Å². The fourth-order valence-corrected chi connectivity index (χ4v) is 6.68. The first kappa shape index (κ1) is 15.9. The maximum atomic E-state index is 4.04. The second kappa shape index (κ2) is 6.50. The van der Waals surface area contributed by atoms with Gasteiger partial charge in [0.15, 0.2) is 0 Å². The van der Waals surface area contributed by atoms with Crippen molar-refractivity contribution < 1.29 is 0 Å². The van der Waals surface area contributed by atoms with E-state index >= 15 is 0 Å². The maximum absolute atomic E-state index is 4.04. The Morgan fingerprint density at radius 2 is 1.68 bits per heavy atom. The van der Waals surface area contributed by atoms with E-state index in [0.29, 0.717) is 5.41 Å². The van der Waals surface area contributed by atoms with Crippen molar-refractivity contribution in [3.8, 4) is 0 Å². The molecule has 5 atom stereocenters. The lowest BCUT2D eigenvalue weighted by Crippen LogP contribution is -2.43. The number of hydrogen-bond acceptors (Lipinski definition) is 0. The monoisotopic (exact) mass is 328 g/mol. The van der Waals surface area contributed by atoms with Gasteiger partial charge in [0, 0.05) is 4.83 Å². The minimum Gasteiger partial charge on any atom is -0.0887 e. The molecule has 0 aromatic carbocycles. The summed E-state index contributed by atoms with van der Waals surface area (Å²) in [6, 6.07) is 0. The molecule has 2 rings (SSSR count). The van der Waals surface area contributed by atoms with Crippen LogP contribution in [-0.2, 0) is 0 Å². The van der Waals surface area contributed by atoms with Gasteiger partial charge >= 0.3 is 0 Å². The highest BCUT2D eigenvalue weighted by atomic mass is 79.9. The van der Waals surface area contributed by atoms with E-state index in [0.717, 1.165) is 28.5 Å². The van der Waals surface area contributed by atoms with Crippen LogP contribution < -0.4 is 0 Å². The fraction of sp³-hybridized carbons (Fsp3) is 1.00. The molecule has 0 bridgehead atoms. The smallest absolute Gasteiger partial charge is 0.0181 e. The summed E-state index contributed by atoms with van der Waals surface area (Å²) in [6.07, 6.45) is 11.6. The lowest BCUT2D eigenvalue weighted by Gasteiger charge is -2.50. The largest absolute Gasteiger partial charge is 0.0887 e. The van der Waals surface area contributed by atoms with Gasteiger partial charge in [-0.3, -0.25) is 0 Å². The van der Waals surface area contributed by atoms with Crippen molar-refractivity contribution in [3.05, 3.63) is 0 Å². The predicted molar refractivity (Wildman–Crippen MR) is 88.7 cm³/mol. The highest BCUT2D eigenvalue weighted by Crippen LogP contribution is 2.53. The Morgan fingerprint density at radius 3 is 2.32 bits per heavy atom. The molecule has 0 aromatic heterocycles. The van der Waals surface area contributed by atoms with Gasteiger partial charge < -0.3 is 0 Å². The van der Waals surface area contributed by atoms with Gasteiger partial charge in [-0.2, -0.15) is 0 Å². The molecule has 0 heterocycles. The van der Waals surface area contributed by atoms with Crippen molar-refractivity contribution in [1.82, 2.24) is 0 Å². The molecular formula is C18H33Br. The third-order valence-corrected chi connectivity index (χ3v) is 7.39. The first-order valence-electron chi connectivity index (χ1n) is 8.60. The van der Waals surface area contributed by atoms with E-state index in [1.807, 2.05) is 0 Å². The Kier molecular flexibility index (Phi) is 5.42. The Morgan fingerprint density at radius 1 is 1.00 bits per heavy atom. The van der Waals surface area contributed by atoms with E-state index in [9.17, 15) is 0 Å². The maximum Gasteiger partial charge on any atom is 0.0181 e. The molecule has 1 heteroatoms. The van der Waals surface area contributed by atoms with E-state index in [1.165, 1.54) is 51.4 Å². The summed E-state index contributed by atoms with van der Waals surface area (Å²) < 4.78 is 0. The topological polar surface area (TPSA) is 0 Å². The van der Waals surface area contributed by atoms with E-state index in [4.69, 9.17) is 0 Å². The van der Waals surface area contributed by atoms with Gasteiger partial charge in [-0.1, -0.05) is 75.7 Å². The molecule has 112 valence electrons. The van der Waals surface area contributed by atoms with Crippen LogP contribution in [0.15, 0.2) is 0 Å². The van der Waals surface area contributed by atoms with Crippen molar-refractivity contribution in [1.29, 1.82) is 0 Å². The summed E-state index contributed by atoms with van der Waals surface area (Å²) in [4.78, 5) is 0.755. The summed E-state index contributed by atoms with van der Waals surface area (Å²) in [5.41, 5.74) is 0.523. The lowest BCUT2D eigenvalue weighted by atomic mass is 9.57. The van der Waals surface area contributed by atoms with Gasteiger partial charge in [0.1, 0.15) is 0 Å². The summed E-state index contributed by atoms with van der Waals surface area (Å²) in [7, 11) is 0. The number of halogens is 1. The number of hydrogen-bond donors (Lipinski definition) is 0. The normalized spacial score (nSPS) is 41.2. The zero-order valence-corrected chi connectivity index (χ0v) is 15.0. The van der Waals surface area contributed by atoms with Crippen LogP contribution >= 0.6 is 15.9 Å². The van der Waals surface area contributed by atoms with Crippen LogP contribution in [0.2, 0.25) is 0 Å². The average Bonchev–Trinajstić information content (AvgIpc) is 2.38. The van der Waals surface area contributed by atoms with Crippen LogP contribution in [0, 0.1) is 29.1 Å². The highest BCUT2D eigenvalue weighted by molar-refractivity contribution is 9.09. The summed E-state index contributed by atoms with van der Waals surface area (Å²) in [5, 5.41) is 0. The first-order chi connectivity index (χ1) is 8.96. The number of alkyl halides is 1. The van der Waals surface area contributed by atoms with Crippen LogP contribution in [0.1, 0.15) is 79.1 Å². The molecule has 2 aliphatic carbocycles. The van der Waals surface area contributed by atoms with Crippen molar-refractivity contribution in [2.45, 2.75) is 83.9 Å². The molecule has 0 aromatic rings. The van der Waals surface area contributed by atoms with Crippen LogP contribution in [0.4, 0.5) is 0 Å². The Bertz CT molecular complexity index is 283. The second-order valence-corrected chi connectivity index (χ2v) is 9.10. The molecule has 19 heavy (non-hydrogen) atoms. The molecule has 0 saturated heterocycles. The first-order valence-corrected chi connectivity index (χ1v) is 9.52. The van der Waals surface area contributed by atoms with Crippen molar-refractivity contribution in [2.75, 3.05) is 0 Å². The molecule has 0 amide bonds. The molecule has 2 aliphatic rings. The van der Waals surface area contributed by atoms with Gasteiger partial charge in [0.05, 0.1) is 0 Å². The molecule has 0 radical (unpaired) electrons. The summed E-state index contributed by atoms with van der Waals surface area (Å²) >= 11 is 4.04. The van der Waals surface area contributed by atoms with Crippen LogP contribution in [0.3, 0.4) is 0 Å². The van der Waals surface area contributed by atoms with Crippen LogP contribution in [0.25, 0.3) is 0 Å². The molecule has 0 spiro atoms. The molecule has 2 fully saturated rings.